The number of nitrogens with zero attached hydrogens (tertiary/aromatic N) is 4. The Balaban J connectivity index is 1.33. The maximum Gasteiger partial charge on any atom is 0.232 e. The first kappa shape index (κ1) is 26.5. The molecule has 200 valence electrons. The highest BCUT2D eigenvalue weighted by Crippen LogP contribution is 2.40. The second-order valence-corrected chi connectivity index (χ2v) is 12.5. The van der Waals surface area contributed by atoms with Crippen LogP contribution in [0.2, 0.25) is 5.02 Å². The van der Waals surface area contributed by atoms with E-state index >= 15 is 0 Å². The maximum atomic E-state index is 6.38. The Bertz CT molecular complexity index is 1070. The lowest BCUT2D eigenvalue weighted by atomic mass is 9.69. The van der Waals surface area contributed by atoms with E-state index in [1.807, 2.05) is 6.07 Å². The van der Waals surface area contributed by atoms with E-state index in [1.54, 1.807) is 0 Å². The average molecular weight is 541 g/mol. The summed E-state index contributed by atoms with van der Waals surface area (Å²) < 4.78 is 0. The molecule has 1 aromatic heterocycles. The largest absolute Gasteiger partial charge is 0.361 e. The lowest BCUT2D eigenvalue weighted by Crippen LogP contribution is -2.44. The number of anilines is 3. The molecule has 6 nitrogen and oxygen atoms in total. The summed E-state index contributed by atoms with van der Waals surface area (Å²) in [6, 6.07) is 10.5. The molecule has 0 bridgehead atoms. The summed E-state index contributed by atoms with van der Waals surface area (Å²) in [5.74, 6) is 3.91. The lowest BCUT2D eigenvalue weighted by Gasteiger charge is -2.38. The molecule has 1 aromatic carbocycles. The van der Waals surface area contributed by atoms with Gasteiger partial charge in [-0.3, -0.25) is 0 Å². The van der Waals surface area contributed by atoms with Crippen LogP contribution in [0.25, 0.3) is 0 Å². The number of piperidine rings is 1. The van der Waals surface area contributed by atoms with E-state index in [-0.39, 0.29) is 5.41 Å². The van der Waals surface area contributed by atoms with E-state index < -0.39 is 0 Å². The van der Waals surface area contributed by atoms with Crippen LogP contribution in [0.1, 0.15) is 70.8 Å². The summed E-state index contributed by atoms with van der Waals surface area (Å²) in [5.41, 5.74) is 1.34. The van der Waals surface area contributed by atoms with Crippen molar-refractivity contribution in [1.82, 2.24) is 15.3 Å². The van der Waals surface area contributed by atoms with Crippen LogP contribution in [-0.2, 0) is 5.41 Å². The number of aromatic nitrogens is 2. The predicted octanol–water partition coefficient (Wildman–Crippen LogP) is 6.40. The van der Waals surface area contributed by atoms with Gasteiger partial charge < -0.3 is 20.4 Å². The molecule has 0 amide bonds. The fourth-order valence-electron chi connectivity index (χ4n) is 6.61. The van der Waals surface area contributed by atoms with Crippen LogP contribution in [-0.4, -0.2) is 47.8 Å². The number of rotatable bonds is 6. The summed E-state index contributed by atoms with van der Waals surface area (Å²) >= 11 is 12.2. The van der Waals surface area contributed by atoms with Gasteiger partial charge >= 0.3 is 0 Å². The summed E-state index contributed by atoms with van der Waals surface area (Å²) in [6.45, 7) is 9.62. The van der Waals surface area contributed by atoms with Gasteiger partial charge in [0.05, 0.1) is 0 Å². The molecule has 2 N–H and O–H groups in total. The van der Waals surface area contributed by atoms with Crippen LogP contribution < -0.4 is 20.4 Å². The number of hydrogen-bond donors (Lipinski definition) is 2. The number of benzene rings is 1. The van der Waals surface area contributed by atoms with E-state index in [9.17, 15) is 0 Å². The highest BCUT2D eigenvalue weighted by molar-refractivity contribution is 7.80. The van der Waals surface area contributed by atoms with Gasteiger partial charge in [0.15, 0.2) is 5.11 Å². The van der Waals surface area contributed by atoms with Crippen molar-refractivity contribution in [3.63, 3.8) is 0 Å². The molecule has 2 aromatic rings. The zero-order chi connectivity index (χ0) is 25.8. The van der Waals surface area contributed by atoms with Gasteiger partial charge in [0.1, 0.15) is 11.6 Å². The molecular weight excluding hydrogens is 500 g/mol. The Labute approximate surface area is 232 Å². The smallest absolute Gasteiger partial charge is 0.232 e. The molecule has 2 atom stereocenters. The molecule has 1 saturated carbocycles. The van der Waals surface area contributed by atoms with Crippen LogP contribution in [0.15, 0.2) is 30.3 Å². The molecule has 0 spiro atoms. The van der Waals surface area contributed by atoms with Crippen molar-refractivity contribution in [2.45, 2.75) is 70.6 Å². The van der Waals surface area contributed by atoms with E-state index in [0.29, 0.717) is 22.9 Å². The predicted molar refractivity (Wildman–Crippen MR) is 159 cm³/mol. The summed E-state index contributed by atoms with van der Waals surface area (Å²) in [6.07, 6.45) is 9.72. The average Bonchev–Trinajstić information content (AvgIpc) is 3.43. The molecule has 2 saturated heterocycles. The van der Waals surface area contributed by atoms with Gasteiger partial charge in [-0.25, -0.2) is 0 Å². The van der Waals surface area contributed by atoms with Crippen molar-refractivity contribution in [3.05, 3.63) is 40.9 Å². The van der Waals surface area contributed by atoms with Gasteiger partial charge in [0.25, 0.3) is 0 Å². The van der Waals surface area contributed by atoms with Gasteiger partial charge in [-0.1, -0.05) is 56.8 Å². The lowest BCUT2D eigenvalue weighted by molar-refractivity contribution is 0.292. The van der Waals surface area contributed by atoms with Gasteiger partial charge in [0, 0.05) is 49.2 Å². The number of thiocarbonyl (C=S) groups is 1. The summed E-state index contributed by atoms with van der Waals surface area (Å²) in [7, 11) is 0. The molecular formula is C29H41ClN6S. The SMILES string of the molecule is C[C@H]1C[C@H](C)CN(c2cc(N3CCCC3)nc(NC(=S)NCC3(c4cccc(Cl)c4)CCCCC3)n2)C1. The number of hydrogen-bond acceptors (Lipinski definition) is 5. The fourth-order valence-corrected chi connectivity index (χ4v) is 6.96. The van der Waals surface area contributed by atoms with Crippen molar-refractivity contribution in [2.75, 3.05) is 47.8 Å². The van der Waals surface area contributed by atoms with Crippen LogP contribution in [0.5, 0.6) is 0 Å². The molecule has 0 radical (unpaired) electrons. The molecule has 3 fully saturated rings. The zero-order valence-electron chi connectivity index (χ0n) is 22.3. The summed E-state index contributed by atoms with van der Waals surface area (Å²) in [4.78, 5) is 14.7. The van der Waals surface area contributed by atoms with Crippen molar-refractivity contribution >= 4 is 46.5 Å². The highest BCUT2D eigenvalue weighted by atomic mass is 35.5. The monoisotopic (exact) mass is 540 g/mol. The molecule has 37 heavy (non-hydrogen) atoms. The molecule has 1 aliphatic carbocycles. The Kier molecular flexibility index (Phi) is 8.40. The van der Waals surface area contributed by atoms with E-state index in [2.05, 4.69) is 58.5 Å². The van der Waals surface area contributed by atoms with Crippen molar-refractivity contribution in [2.24, 2.45) is 11.8 Å². The minimum Gasteiger partial charge on any atom is -0.361 e. The first-order chi connectivity index (χ1) is 17.9. The second-order valence-electron chi connectivity index (χ2n) is 11.6. The molecule has 3 heterocycles. The van der Waals surface area contributed by atoms with Crippen LogP contribution >= 0.6 is 23.8 Å². The minimum atomic E-state index is 0.0401. The number of nitrogens with one attached hydrogen (secondary N) is 2. The molecule has 2 aliphatic heterocycles. The Morgan fingerprint density at radius 2 is 1.65 bits per heavy atom. The van der Waals surface area contributed by atoms with E-state index in [1.165, 1.54) is 44.1 Å². The van der Waals surface area contributed by atoms with E-state index in [4.69, 9.17) is 33.8 Å². The first-order valence-corrected chi connectivity index (χ1v) is 14.9. The topological polar surface area (TPSA) is 56.3 Å². The van der Waals surface area contributed by atoms with Crippen molar-refractivity contribution in [3.8, 4) is 0 Å². The van der Waals surface area contributed by atoms with Gasteiger partial charge in [-0.2, -0.15) is 9.97 Å². The number of halogens is 1. The third kappa shape index (κ3) is 6.48. The first-order valence-electron chi connectivity index (χ1n) is 14.1. The van der Waals surface area contributed by atoms with E-state index in [0.717, 1.165) is 62.2 Å². The molecule has 0 unspecified atom stereocenters. The standard InChI is InChI=1S/C29H41ClN6S/c1-21-15-22(2)19-36(18-21)26-17-25(35-13-6-7-14-35)32-27(33-26)34-28(37)31-20-29(11-4-3-5-12-29)23-9-8-10-24(30)16-23/h8-10,16-17,21-22H,3-7,11-15,18-20H2,1-2H3,(H2,31,32,33,34,37)/t21-,22-/m0/s1. The second kappa shape index (κ2) is 11.7. The van der Waals surface area contributed by atoms with Gasteiger partial charge in [-0.05, 0) is 73.9 Å². The van der Waals surface area contributed by atoms with Gasteiger partial charge in [-0.15, -0.1) is 0 Å². The third-order valence-electron chi connectivity index (χ3n) is 8.38. The molecule has 3 aliphatic rings. The molecule has 5 rings (SSSR count). The zero-order valence-corrected chi connectivity index (χ0v) is 23.9. The summed E-state index contributed by atoms with van der Waals surface area (Å²) in [5, 5.41) is 8.25. The van der Waals surface area contributed by atoms with Gasteiger partial charge in [0.2, 0.25) is 5.95 Å². The minimum absolute atomic E-state index is 0.0401. The van der Waals surface area contributed by atoms with Crippen molar-refractivity contribution in [1.29, 1.82) is 0 Å². The van der Waals surface area contributed by atoms with Crippen molar-refractivity contribution < 1.29 is 0 Å². The molecule has 8 heteroatoms. The highest BCUT2D eigenvalue weighted by Gasteiger charge is 2.34. The quantitative estimate of drug-likeness (QED) is 0.411. The fraction of sp³-hybridized carbons (Fsp3) is 0.621. The van der Waals surface area contributed by atoms with Crippen LogP contribution in [0, 0.1) is 11.8 Å². The third-order valence-corrected chi connectivity index (χ3v) is 8.86. The van der Waals surface area contributed by atoms with Crippen LogP contribution in [0.4, 0.5) is 17.6 Å². The maximum absolute atomic E-state index is 6.38. The Hall–Kier alpha value is -2.12. The Morgan fingerprint density at radius 1 is 0.973 bits per heavy atom. The Morgan fingerprint density at radius 3 is 2.32 bits per heavy atom. The normalized spacial score (nSPS) is 23.6. The van der Waals surface area contributed by atoms with Crippen LogP contribution in [0.3, 0.4) is 0 Å².